The van der Waals surface area contributed by atoms with E-state index in [2.05, 4.69) is 40.1 Å². The molecule has 0 atom stereocenters. The zero-order valence-corrected chi connectivity index (χ0v) is 12.5. The van der Waals surface area contributed by atoms with E-state index < -0.39 is 0 Å². The highest BCUT2D eigenvalue weighted by Crippen LogP contribution is 2.29. The average molecular weight is 327 g/mol. The van der Waals surface area contributed by atoms with E-state index >= 15 is 0 Å². The van der Waals surface area contributed by atoms with Crippen molar-refractivity contribution in [3.8, 4) is 11.3 Å². The minimum atomic E-state index is -0.297. The number of nitrogens with zero attached hydrogens (tertiary/aromatic N) is 1. The van der Waals surface area contributed by atoms with Crippen LogP contribution in [0.5, 0.6) is 0 Å². The second kappa shape index (κ2) is 6.30. The maximum Gasteiger partial charge on any atom is 0.208 e. The number of benzene rings is 1. The first kappa shape index (κ1) is 14.2. The minimum absolute atomic E-state index is 0.297. The predicted octanol–water partition coefficient (Wildman–Crippen LogP) is 3.99. The van der Waals surface area contributed by atoms with Gasteiger partial charge in [-0.3, -0.25) is 0 Å². The van der Waals surface area contributed by atoms with Crippen LogP contribution in [0.3, 0.4) is 0 Å². The smallest absolute Gasteiger partial charge is 0.208 e. The van der Waals surface area contributed by atoms with Crippen LogP contribution in [-0.4, -0.2) is 11.5 Å². The summed E-state index contributed by atoms with van der Waals surface area (Å²) in [5.74, 6) is 1.44. The topological polar surface area (TPSA) is 38.1 Å². The lowest BCUT2D eigenvalue weighted by Gasteiger charge is -2.04. The zero-order valence-electron chi connectivity index (χ0n) is 10.9. The van der Waals surface area contributed by atoms with Crippen molar-refractivity contribution in [2.75, 3.05) is 6.54 Å². The summed E-state index contributed by atoms with van der Waals surface area (Å²) >= 11 is 3.38. The van der Waals surface area contributed by atoms with Crippen molar-refractivity contribution >= 4 is 15.9 Å². The van der Waals surface area contributed by atoms with Crippen LogP contribution in [0.1, 0.15) is 19.7 Å². The molecule has 0 fully saturated rings. The van der Waals surface area contributed by atoms with Gasteiger partial charge in [-0.1, -0.05) is 29.8 Å². The Hall–Kier alpha value is -1.20. The third-order valence-electron chi connectivity index (χ3n) is 2.58. The zero-order chi connectivity index (χ0) is 13.8. The molecule has 0 bridgehead atoms. The van der Waals surface area contributed by atoms with Crippen molar-refractivity contribution in [3.05, 3.63) is 40.6 Å². The van der Waals surface area contributed by atoms with Crippen molar-refractivity contribution in [2.45, 2.75) is 20.4 Å². The first-order chi connectivity index (χ1) is 9.06. The van der Waals surface area contributed by atoms with Gasteiger partial charge >= 0.3 is 0 Å². The lowest BCUT2D eigenvalue weighted by molar-refractivity contribution is 0.458. The fourth-order valence-corrected chi connectivity index (χ4v) is 2.11. The minimum Gasteiger partial charge on any atom is -0.439 e. The fourth-order valence-electron chi connectivity index (χ4n) is 1.67. The summed E-state index contributed by atoms with van der Waals surface area (Å²) in [4.78, 5) is 4.19. The van der Waals surface area contributed by atoms with Crippen molar-refractivity contribution in [2.24, 2.45) is 5.92 Å². The Kier molecular flexibility index (Phi) is 4.71. The molecule has 0 aliphatic rings. The van der Waals surface area contributed by atoms with E-state index in [9.17, 15) is 4.39 Å². The molecule has 1 heterocycles. The molecule has 0 unspecified atom stereocenters. The molecule has 0 saturated heterocycles. The van der Waals surface area contributed by atoms with Crippen LogP contribution in [-0.2, 0) is 6.54 Å². The highest BCUT2D eigenvalue weighted by atomic mass is 79.9. The normalized spacial score (nSPS) is 11.2. The van der Waals surface area contributed by atoms with E-state index in [0.29, 0.717) is 29.7 Å². The lowest BCUT2D eigenvalue weighted by atomic mass is 10.2. The summed E-state index contributed by atoms with van der Waals surface area (Å²) in [5, 5.41) is 3.25. The molecule has 0 radical (unpaired) electrons. The third kappa shape index (κ3) is 3.88. The van der Waals surface area contributed by atoms with Gasteiger partial charge in [-0.2, -0.15) is 0 Å². The van der Waals surface area contributed by atoms with Gasteiger partial charge in [-0.05, 0) is 30.7 Å². The van der Waals surface area contributed by atoms with Gasteiger partial charge in [0.1, 0.15) is 5.82 Å². The number of oxazole rings is 1. The van der Waals surface area contributed by atoms with Gasteiger partial charge in [-0.15, -0.1) is 0 Å². The van der Waals surface area contributed by atoms with Gasteiger partial charge < -0.3 is 9.73 Å². The molecule has 19 heavy (non-hydrogen) atoms. The molecule has 1 aromatic heterocycles. The van der Waals surface area contributed by atoms with Crippen LogP contribution in [0.2, 0.25) is 0 Å². The van der Waals surface area contributed by atoms with Gasteiger partial charge in [0, 0.05) is 10.0 Å². The van der Waals surface area contributed by atoms with Gasteiger partial charge in [0.2, 0.25) is 5.89 Å². The number of aromatic nitrogens is 1. The van der Waals surface area contributed by atoms with Crippen LogP contribution >= 0.6 is 15.9 Å². The molecule has 0 saturated carbocycles. The third-order valence-corrected chi connectivity index (χ3v) is 3.27. The van der Waals surface area contributed by atoms with Gasteiger partial charge in [0.15, 0.2) is 5.76 Å². The summed E-state index contributed by atoms with van der Waals surface area (Å²) in [5.41, 5.74) is 0.669. The number of halogens is 2. The lowest BCUT2D eigenvalue weighted by Crippen LogP contribution is -2.18. The first-order valence-corrected chi connectivity index (χ1v) is 6.96. The van der Waals surface area contributed by atoms with Gasteiger partial charge in [-0.25, -0.2) is 9.37 Å². The van der Waals surface area contributed by atoms with E-state index in [4.69, 9.17) is 4.42 Å². The molecule has 0 aliphatic heterocycles. The van der Waals surface area contributed by atoms with Crippen LogP contribution in [0.25, 0.3) is 11.3 Å². The molecule has 2 rings (SSSR count). The molecule has 2 aromatic rings. The predicted molar refractivity (Wildman–Crippen MR) is 76.1 cm³/mol. The molecule has 0 spiro atoms. The maximum atomic E-state index is 13.2. The summed E-state index contributed by atoms with van der Waals surface area (Å²) in [6, 6.07) is 4.48. The van der Waals surface area contributed by atoms with Crippen LogP contribution < -0.4 is 5.32 Å². The largest absolute Gasteiger partial charge is 0.439 e. The highest BCUT2D eigenvalue weighted by molar-refractivity contribution is 9.10. The average Bonchev–Trinajstić information content (AvgIpc) is 2.80. The van der Waals surface area contributed by atoms with E-state index in [1.807, 2.05) is 0 Å². The number of rotatable bonds is 5. The van der Waals surface area contributed by atoms with Crippen molar-refractivity contribution in [1.29, 1.82) is 0 Å². The Morgan fingerprint density at radius 3 is 2.95 bits per heavy atom. The number of nitrogens with one attached hydrogen (secondary N) is 1. The second-order valence-corrected chi connectivity index (χ2v) is 5.62. The molecular weight excluding hydrogens is 311 g/mol. The molecule has 3 nitrogen and oxygen atoms in total. The summed E-state index contributed by atoms with van der Waals surface area (Å²) < 4.78 is 19.6. The second-order valence-electron chi connectivity index (χ2n) is 4.77. The van der Waals surface area contributed by atoms with E-state index in [0.717, 1.165) is 11.0 Å². The first-order valence-electron chi connectivity index (χ1n) is 6.17. The van der Waals surface area contributed by atoms with Crippen LogP contribution in [0.4, 0.5) is 4.39 Å². The number of hydrogen-bond acceptors (Lipinski definition) is 3. The Morgan fingerprint density at radius 2 is 2.21 bits per heavy atom. The summed E-state index contributed by atoms with van der Waals surface area (Å²) in [6.07, 6.45) is 1.62. The van der Waals surface area contributed by atoms with Crippen LogP contribution in [0.15, 0.2) is 33.3 Å². The van der Waals surface area contributed by atoms with Gasteiger partial charge in [0.25, 0.3) is 0 Å². The highest BCUT2D eigenvalue weighted by Gasteiger charge is 2.10. The van der Waals surface area contributed by atoms with Crippen molar-refractivity contribution in [3.63, 3.8) is 0 Å². The fraction of sp³-hybridized carbons (Fsp3) is 0.357. The summed E-state index contributed by atoms with van der Waals surface area (Å²) in [7, 11) is 0. The monoisotopic (exact) mass is 326 g/mol. The van der Waals surface area contributed by atoms with E-state index in [1.54, 1.807) is 12.3 Å². The molecule has 0 aliphatic carbocycles. The Morgan fingerprint density at radius 1 is 1.42 bits per heavy atom. The van der Waals surface area contributed by atoms with Crippen LogP contribution in [0, 0.1) is 11.7 Å². The van der Waals surface area contributed by atoms with E-state index in [1.165, 1.54) is 12.1 Å². The Balaban J connectivity index is 2.10. The van der Waals surface area contributed by atoms with Crippen molar-refractivity contribution in [1.82, 2.24) is 10.3 Å². The van der Waals surface area contributed by atoms with Gasteiger partial charge in [0.05, 0.1) is 12.7 Å². The Bertz CT molecular complexity index is 554. The molecule has 1 N–H and O–H groups in total. The standard InChI is InChI=1S/C14H16BrFN2O/c1-9(2)6-17-8-14-18-7-13(19-14)11-5-10(16)3-4-12(11)15/h3-5,7,9,17H,6,8H2,1-2H3. The van der Waals surface area contributed by atoms with E-state index in [-0.39, 0.29) is 5.82 Å². The molecule has 5 heteroatoms. The molecule has 102 valence electrons. The quantitative estimate of drug-likeness (QED) is 0.902. The Labute approximate surface area is 120 Å². The molecule has 0 amide bonds. The molecular formula is C14H16BrFN2O. The molecule has 1 aromatic carbocycles. The SMILES string of the molecule is CC(C)CNCc1ncc(-c2cc(F)ccc2Br)o1. The van der Waals surface area contributed by atoms with Crippen molar-refractivity contribution < 1.29 is 8.81 Å². The summed E-state index contributed by atoms with van der Waals surface area (Å²) in [6.45, 7) is 5.75. The maximum absolute atomic E-state index is 13.2. The number of hydrogen-bond donors (Lipinski definition) is 1.